The molecule has 2 aromatic rings. The van der Waals surface area contributed by atoms with Crippen LogP contribution in [0, 0.1) is 11.3 Å². The molecule has 0 fully saturated rings. The van der Waals surface area contributed by atoms with Crippen LogP contribution in [0.25, 0.3) is 0 Å². The molecule has 0 heterocycles. The van der Waals surface area contributed by atoms with Gasteiger partial charge in [0, 0.05) is 6.54 Å². The second-order valence-electron chi connectivity index (χ2n) is 4.59. The number of nitriles is 1. The average molecular weight is 302 g/mol. The van der Waals surface area contributed by atoms with Crippen molar-refractivity contribution in [3.63, 3.8) is 0 Å². The van der Waals surface area contributed by atoms with E-state index in [-0.39, 0.29) is 0 Å². The van der Waals surface area contributed by atoms with Gasteiger partial charge in [-0.05, 0) is 23.3 Å². The Morgan fingerprint density at radius 2 is 1.71 bits per heavy atom. The molecule has 2 aromatic carbocycles. The quantitative estimate of drug-likeness (QED) is 0.738. The van der Waals surface area contributed by atoms with Gasteiger partial charge in [0.05, 0.1) is 11.6 Å². The van der Waals surface area contributed by atoms with Crippen molar-refractivity contribution in [2.75, 3.05) is 0 Å². The summed E-state index contributed by atoms with van der Waals surface area (Å²) in [7, 11) is -4.35. The molecule has 0 amide bonds. The van der Waals surface area contributed by atoms with Gasteiger partial charge in [0.15, 0.2) is 0 Å². The van der Waals surface area contributed by atoms with E-state index in [9.17, 15) is 14.4 Å². The lowest BCUT2D eigenvalue weighted by Crippen LogP contribution is -2.21. The summed E-state index contributed by atoms with van der Waals surface area (Å²) in [5.74, 6) is -1.09. The van der Waals surface area contributed by atoms with Crippen molar-refractivity contribution in [2.24, 2.45) is 0 Å². The molecule has 3 N–H and O–H groups in total. The van der Waals surface area contributed by atoms with Gasteiger partial charge < -0.3 is 9.79 Å². The molecular weight excluding hydrogens is 287 g/mol. The van der Waals surface area contributed by atoms with Gasteiger partial charge in [-0.25, -0.2) is 0 Å². The molecular formula is C15H15N2O3P. The van der Waals surface area contributed by atoms with E-state index in [1.165, 1.54) is 0 Å². The Hall–Kier alpha value is -1.96. The van der Waals surface area contributed by atoms with Crippen molar-refractivity contribution in [3.8, 4) is 6.07 Å². The lowest BCUT2D eigenvalue weighted by molar-refractivity contribution is 0.347. The summed E-state index contributed by atoms with van der Waals surface area (Å²) < 4.78 is 11.7. The highest BCUT2D eigenvalue weighted by molar-refractivity contribution is 7.52. The predicted molar refractivity (Wildman–Crippen MR) is 79.2 cm³/mol. The monoisotopic (exact) mass is 302 g/mol. The van der Waals surface area contributed by atoms with Gasteiger partial charge >= 0.3 is 7.60 Å². The van der Waals surface area contributed by atoms with Crippen molar-refractivity contribution in [3.05, 3.63) is 71.3 Å². The molecule has 0 aliphatic carbocycles. The maximum atomic E-state index is 11.7. The van der Waals surface area contributed by atoms with Gasteiger partial charge in [-0.2, -0.15) is 5.26 Å². The maximum Gasteiger partial charge on any atom is 0.346 e. The van der Waals surface area contributed by atoms with Crippen LogP contribution in [-0.4, -0.2) is 9.79 Å². The molecule has 0 unspecified atom stereocenters. The van der Waals surface area contributed by atoms with Crippen LogP contribution in [0.2, 0.25) is 0 Å². The third kappa shape index (κ3) is 4.25. The zero-order valence-electron chi connectivity index (χ0n) is 11.2. The summed E-state index contributed by atoms with van der Waals surface area (Å²) in [4.78, 5) is 19.0. The van der Waals surface area contributed by atoms with E-state index in [2.05, 4.69) is 5.32 Å². The van der Waals surface area contributed by atoms with Crippen LogP contribution < -0.4 is 5.32 Å². The standard InChI is InChI=1S/C15H15N2O3P/c16-10-12-6-8-14(9-7-12)15(21(18,19)20)17-11-13-4-2-1-3-5-13/h1-9,15,17H,11H2,(H2,18,19,20)/t15-/m0/s1. The molecule has 0 aliphatic rings. The van der Waals surface area contributed by atoms with Crippen molar-refractivity contribution in [2.45, 2.75) is 12.3 Å². The van der Waals surface area contributed by atoms with Gasteiger partial charge in [-0.15, -0.1) is 0 Å². The van der Waals surface area contributed by atoms with Crippen LogP contribution in [0.4, 0.5) is 0 Å². The van der Waals surface area contributed by atoms with Crippen molar-refractivity contribution in [1.82, 2.24) is 5.32 Å². The first-order chi connectivity index (χ1) is 10.0. The van der Waals surface area contributed by atoms with E-state index in [1.54, 1.807) is 24.3 Å². The minimum absolute atomic E-state index is 0.344. The molecule has 21 heavy (non-hydrogen) atoms. The first-order valence-corrected chi connectivity index (χ1v) is 8.01. The highest BCUT2D eigenvalue weighted by Crippen LogP contribution is 2.50. The van der Waals surface area contributed by atoms with Gasteiger partial charge in [0.2, 0.25) is 0 Å². The van der Waals surface area contributed by atoms with E-state index in [0.29, 0.717) is 17.7 Å². The maximum absolute atomic E-state index is 11.7. The Morgan fingerprint density at radius 1 is 1.10 bits per heavy atom. The van der Waals surface area contributed by atoms with Crippen molar-refractivity contribution >= 4 is 7.60 Å². The Morgan fingerprint density at radius 3 is 2.24 bits per heavy atom. The third-order valence-corrected chi connectivity index (χ3v) is 4.19. The second-order valence-corrected chi connectivity index (χ2v) is 6.29. The summed E-state index contributed by atoms with van der Waals surface area (Å²) in [5.41, 5.74) is 1.84. The number of nitrogens with zero attached hydrogens (tertiary/aromatic N) is 1. The van der Waals surface area contributed by atoms with Gasteiger partial charge in [0.1, 0.15) is 5.78 Å². The summed E-state index contributed by atoms with van der Waals surface area (Å²) >= 11 is 0. The van der Waals surface area contributed by atoms with Crippen LogP contribution in [-0.2, 0) is 11.1 Å². The van der Waals surface area contributed by atoms with Crippen LogP contribution in [0.3, 0.4) is 0 Å². The normalized spacial score (nSPS) is 12.6. The Balaban J connectivity index is 2.19. The fraction of sp³-hybridized carbons (Fsp3) is 0.133. The van der Waals surface area contributed by atoms with E-state index in [0.717, 1.165) is 5.56 Å². The Kier molecular flexibility index (Phi) is 4.89. The molecule has 6 heteroatoms. The largest absolute Gasteiger partial charge is 0.346 e. The fourth-order valence-electron chi connectivity index (χ4n) is 1.98. The summed E-state index contributed by atoms with van der Waals surface area (Å²) in [5, 5.41) is 11.6. The predicted octanol–water partition coefficient (Wildman–Crippen LogP) is 2.52. The molecule has 0 radical (unpaired) electrons. The Labute approximate surface area is 123 Å². The molecule has 108 valence electrons. The van der Waals surface area contributed by atoms with Gasteiger partial charge in [0.25, 0.3) is 0 Å². The second kappa shape index (κ2) is 6.66. The van der Waals surface area contributed by atoms with Crippen LogP contribution in [0.15, 0.2) is 54.6 Å². The van der Waals surface area contributed by atoms with Crippen molar-refractivity contribution < 1.29 is 14.4 Å². The average Bonchev–Trinajstić information content (AvgIpc) is 2.48. The number of hydrogen-bond acceptors (Lipinski definition) is 3. The molecule has 0 spiro atoms. The Bertz CT molecular complexity index is 674. The minimum Gasteiger partial charge on any atom is -0.323 e. The zero-order chi connectivity index (χ0) is 15.3. The molecule has 0 bridgehead atoms. The SMILES string of the molecule is N#Cc1ccc([C@@H](NCc2ccccc2)P(=O)(O)O)cc1. The van der Waals surface area contributed by atoms with Crippen LogP contribution in [0.1, 0.15) is 22.5 Å². The molecule has 1 atom stereocenters. The first-order valence-electron chi connectivity index (χ1n) is 6.33. The molecule has 0 aliphatic heterocycles. The summed E-state index contributed by atoms with van der Waals surface area (Å²) in [6.45, 7) is 0.344. The topological polar surface area (TPSA) is 93.4 Å². The fourth-order valence-corrected chi connectivity index (χ4v) is 2.87. The highest BCUT2D eigenvalue weighted by Gasteiger charge is 2.29. The van der Waals surface area contributed by atoms with Crippen molar-refractivity contribution in [1.29, 1.82) is 5.26 Å². The molecule has 0 saturated carbocycles. The number of hydrogen-bond donors (Lipinski definition) is 3. The number of nitrogens with one attached hydrogen (secondary N) is 1. The summed E-state index contributed by atoms with van der Waals surface area (Å²) in [6.07, 6.45) is 0. The summed E-state index contributed by atoms with van der Waals surface area (Å²) in [6, 6.07) is 17.5. The van der Waals surface area contributed by atoms with Crippen LogP contribution in [0.5, 0.6) is 0 Å². The van der Waals surface area contributed by atoms with Crippen LogP contribution >= 0.6 is 7.60 Å². The lowest BCUT2D eigenvalue weighted by atomic mass is 10.1. The zero-order valence-corrected chi connectivity index (χ0v) is 12.1. The number of rotatable bonds is 5. The molecule has 0 aromatic heterocycles. The van der Waals surface area contributed by atoms with E-state index < -0.39 is 13.4 Å². The lowest BCUT2D eigenvalue weighted by Gasteiger charge is -2.20. The molecule has 2 rings (SSSR count). The third-order valence-electron chi connectivity index (χ3n) is 3.03. The highest BCUT2D eigenvalue weighted by atomic mass is 31.2. The van der Waals surface area contributed by atoms with E-state index >= 15 is 0 Å². The van der Waals surface area contributed by atoms with Gasteiger partial charge in [-0.1, -0.05) is 42.5 Å². The minimum atomic E-state index is -4.35. The first kappa shape index (κ1) is 15.4. The smallest absolute Gasteiger partial charge is 0.323 e. The molecule has 0 saturated heterocycles. The van der Waals surface area contributed by atoms with E-state index in [4.69, 9.17) is 5.26 Å². The number of benzene rings is 2. The van der Waals surface area contributed by atoms with E-state index in [1.807, 2.05) is 36.4 Å². The van der Waals surface area contributed by atoms with Gasteiger partial charge in [-0.3, -0.25) is 9.88 Å². The molecule has 5 nitrogen and oxygen atoms in total.